The fraction of sp³-hybridized carbons (Fsp3) is 0.391. The Morgan fingerprint density at radius 1 is 1.16 bits per heavy atom. The average molecular weight is 456 g/mol. The van der Waals surface area contributed by atoms with Crippen molar-refractivity contribution in [2.75, 3.05) is 0 Å². The summed E-state index contributed by atoms with van der Waals surface area (Å²) in [7, 11) is 1.41. The maximum absolute atomic E-state index is 13.6. The molecule has 1 saturated carbocycles. The molecule has 8 nitrogen and oxygen atoms in total. The van der Waals surface area contributed by atoms with Crippen LogP contribution in [0.3, 0.4) is 0 Å². The summed E-state index contributed by atoms with van der Waals surface area (Å²) in [5.74, 6) is -1.83. The number of phenols is 1. The third-order valence-corrected chi connectivity index (χ3v) is 7.63. The molecule has 1 aliphatic heterocycles. The van der Waals surface area contributed by atoms with E-state index >= 15 is 0 Å². The van der Waals surface area contributed by atoms with Crippen LogP contribution in [0.5, 0.6) is 5.75 Å². The Labute approximate surface area is 188 Å². The number of allylic oxidation sites excluding steroid dienone is 4. The first-order chi connectivity index (χ1) is 15.1. The van der Waals surface area contributed by atoms with Gasteiger partial charge in [-0.05, 0) is 48.8 Å². The highest BCUT2D eigenvalue weighted by Gasteiger charge is 2.59. The predicted molar refractivity (Wildman–Crippen MR) is 117 cm³/mol. The van der Waals surface area contributed by atoms with Crippen LogP contribution in [0.15, 0.2) is 51.1 Å². The Morgan fingerprint density at radius 2 is 1.88 bits per heavy atom. The summed E-state index contributed by atoms with van der Waals surface area (Å²) in [5, 5.41) is 11.2. The molecule has 5 rings (SSSR count). The molecule has 0 radical (unpaired) electrons. The lowest BCUT2D eigenvalue weighted by atomic mass is 9.51. The lowest BCUT2D eigenvalue weighted by Gasteiger charge is -2.52. The van der Waals surface area contributed by atoms with Crippen molar-refractivity contribution in [3.05, 3.63) is 73.1 Å². The minimum atomic E-state index is -1.17. The molecule has 1 N–H and O–H groups in total. The van der Waals surface area contributed by atoms with Gasteiger partial charge in [-0.15, -0.1) is 0 Å². The number of nitrogens with zero attached hydrogens (tertiary/aromatic N) is 3. The second-order valence-corrected chi connectivity index (χ2v) is 9.47. The Kier molecular flexibility index (Phi) is 4.33. The van der Waals surface area contributed by atoms with Crippen molar-refractivity contribution in [2.24, 2.45) is 18.4 Å². The minimum absolute atomic E-state index is 0.0447. The predicted octanol–water partition coefficient (Wildman–Crippen LogP) is 2.10. The Hall–Kier alpha value is -3.13. The Morgan fingerprint density at radius 3 is 2.59 bits per heavy atom. The summed E-state index contributed by atoms with van der Waals surface area (Å²) >= 11 is 6.26. The van der Waals surface area contributed by atoms with E-state index in [1.165, 1.54) is 28.6 Å². The lowest BCUT2D eigenvalue weighted by Crippen LogP contribution is -2.54. The van der Waals surface area contributed by atoms with Gasteiger partial charge in [-0.3, -0.25) is 9.59 Å². The Balaban J connectivity index is 1.83. The molecule has 9 heteroatoms. The van der Waals surface area contributed by atoms with E-state index in [0.29, 0.717) is 16.2 Å². The van der Waals surface area contributed by atoms with Gasteiger partial charge in [-0.2, -0.15) is 0 Å². The first-order valence-corrected chi connectivity index (χ1v) is 10.8. The molecule has 32 heavy (non-hydrogen) atoms. The van der Waals surface area contributed by atoms with E-state index in [9.17, 15) is 24.3 Å². The smallest absolute Gasteiger partial charge is 0.347 e. The van der Waals surface area contributed by atoms with E-state index in [2.05, 4.69) is 0 Å². The van der Waals surface area contributed by atoms with Crippen LogP contribution >= 0.6 is 11.6 Å². The molecule has 0 bridgehead atoms. The normalized spacial score (nSPS) is 29.1. The molecular weight excluding hydrogens is 434 g/mol. The van der Waals surface area contributed by atoms with Gasteiger partial charge >= 0.3 is 11.4 Å². The number of carbonyl (C=O) groups excluding carboxylic acids is 2. The Bertz CT molecular complexity index is 1390. The molecule has 2 aromatic rings. The highest BCUT2D eigenvalue weighted by molar-refractivity contribution is 6.30. The van der Waals surface area contributed by atoms with E-state index in [4.69, 9.17) is 11.6 Å². The molecule has 1 aromatic carbocycles. The van der Waals surface area contributed by atoms with Crippen LogP contribution in [0.1, 0.15) is 37.8 Å². The third kappa shape index (κ3) is 2.50. The second kappa shape index (κ2) is 6.68. The number of benzene rings is 1. The van der Waals surface area contributed by atoms with Gasteiger partial charge in [-0.1, -0.05) is 24.6 Å². The second-order valence-electron chi connectivity index (χ2n) is 9.04. The fourth-order valence-electron chi connectivity index (χ4n) is 5.87. The van der Waals surface area contributed by atoms with E-state index in [1.54, 1.807) is 26.0 Å². The summed E-state index contributed by atoms with van der Waals surface area (Å²) in [6, 6.07) is 4.02. The lowest BCUT2D eigenvalue weighted by molar-refractivity contribution is -0.139. The van der Waals surface area contributed by atoms with Crippen LogP contribution in [0.25, 0.3) is 0 Å². The van der Waals surface area contributed by atoms with E-state index < -0.39 is 34.7 Å². The van der Waals surface area contributed by atoms with Crippen molar-refractivity contribution in [3.8, 4) is 5.75 Å². The molecular formula is C23H22ClN3O5. The van der Waals surface area contributed by atoms with Crippen molar-refractivity contribution in [3.63, 3.8) is 0 Å². The van der Waals surface area contributed by atoms with Crippen molar-refractivity contribution >= 4 is 23.2 Å². The highest BCUT2D eigenvalue weighted by atomic mass is 35.5. The average Bonchev–Trinajstić information content (AvgIpc) is 2.97. The number of Topliss-reactive ketones (excluding diaryl/α,β-unsaturated/α-hetero) is 1. The highest BCUT2D eigenvalue weighted by Crippen LogP contribution is 2.60. The zero-order valence-electron chi connectivity index (χ0n) is 17.8. The summed E-state index contributed by atoms with van der Waals surface area (Å²) in [6.45, 7) is 3.53. The number of aromatic nitrogens is 3. The number of hydrogen-bond donors (Lipinski definition) is 1. The molecule has 166 valence electrons. The van der Waals surface area contributed by atoms with Crippen molar-refractivity contribution in [1.29, 1.82) is 0 Å². The van der Waals surface area contributed by atoms with Gasteiger partial charge in [0.2, 0.25) is 0 Å². The quantitative estimate of drug-likeness (QED) is 0.663. The summed E-state index contributed by atoms with van der Waals surface area (Å²) < 4.78 is 3.77. The van der Waals surface area contributed by atoms with Crippen molar-refractivity contribution < 1.29 is 14.7 Å². The maximum atomic E-state index is 13.6. The van der Waals surface area contributed by atoms with Crippen LogP contribution in [0, 0.1) is 11.3 Å². The van der Waals surface area contributed by atoms with Crippen LogP contribution in [-0.2, 0) is 23.2 Å². The van der Waals surface area contributed by atoms with Crippen LogP contribution in [-0.4, -0.2) is 30.6 Å². The molecule has 2 aliphatic carbocycles. The largest absolute Gasteiger partial charge is 0.508 e. The minimum Gasteiger partial charge on any atom is -0.508 e. The van der Waals surface area contributed by atoms with Gasteiger partial charge in [-0.25, -0.2) is 23.5 Å². The summed E-state index contributed by atoms with van der Waals surface area (Å²) in [6.07, 6.45) is 3.41. The number of ketones is 2. The molecule has 0 amide bonds. The van der Waals surface area contributed by atoms with E-state index in [1.807, 2.05) is 6.08 Å². The number of hydrogen-bond acceptors (Lipinski definition) is 5. The fourth-order valence-corrected chi connectivity index (χ4v) is 6.05. The van der Waals surface area contributed by atoms with E-state index in [0.717, 1.165) is 10.1 Å². The van der Waals surface area contributed by atoms with Crippen LogP contribution < -0.4 is 11.4 Å². The van der Waals surface area contributed by atoms with Crippen LogP contribution in [0.4, 0.5) is 0 Å². The molecule has 0 saturated heterocycles. The van der Waals surface area contributed by atoms with Gasteiger partial charge in [0.15, 0.2) is 11.6 Å². The standard InChI is InChI=1S/C23H22ClN3O5/c1-11-8-18(29)15-10-16-13(6-7-26-21(31)25(3)22(32)27(16)26)19(23(15,2)20(11)30)14-9-12(24)4-5-17(14)28/h4-6,8-9,15-16,19,28H,7,10H2,1-3H3/t15-,16+,19+,23+/m0/s1. The van der Waals surface area contributed by atoms with Gasteiger partial charge in [0.1, 0.15) is 5.75 Å². The van der Waals surface area contributed by atoms with Crippen LogP contribution in [0.2, 0.25) is 5.02 Å². The number of fused-ring (bicyclic) bond motifs is 4. The monoisotopic (exact) mass is 455 g/mol. The molecule has 2 heterocycles. The number of halogens is 1. The topological polar surface area (TPSA) is 103 Å². The SMILES string of the molecule is CC1=CC(=O)[C@@H]2C[C@@H]3C(=CCn4c(=O)n(C)c(=O)n43)[C@H](c3cc(Cl)ccc3O)[C@]2(C)C1=O. The van der Waals surface area contributed by atoms with Gasteiger partial charge < -0.3 is 5.11 Å². The molecule has 0 unspecified atom stereocenters. The zero-order chi connectivity index (χ0) is 23.1. The first-order valence-electron chi connectivity index (χ1n) is 10.4. The maximum Gasteiger partial charge on any atom is 0.347 e. The molecule has 1 fully saturated rings. The van der Waals surface area contributed by atoms with Crippen molar-refractivity contribution in [2.45, 2.75) is 38.8 Å². The van der Waals surface area contributed by atoms with Crippen molar-refractivity contribution in [1.82, 2.24) is 13.9 Å². The molecule has 4 atom stereocenters. The molecule has 1 aromatic heterocycles. The number of carbonyl (C=O) groups is 2. The van der Waals surface area contributed by atoms with Gasteiger partial charge in [0, 0.05) is 29.5 Å². The number of rotatable bonds is 1. The van der Waals surface area contributed by atoms with Gasteiger partial charge in [0.05, 0.1) is 18.0 Å². The molecule has 0 spiro atoms. The van der Waals surface area contributed by atoms with E-state index in [-0.39, 0.29) is 30.3 Å². The summed E-state index contributed by atoms with van der Waals surface area (Å²) in [5.41, 5.74) is -0.570. The first kappa shape index (κ1) is 20.8. The number of aromatic hydroxyl groups is 1. The third-order valence-electron chi connectivity index (χ3n) is 7.40. The van der Waals surface area contributed by atoms with Gasteiger partial charge in [0.25, 0.3) is 0 Å². The number of phenolic OH excluding ortho intramolecular Hbond substituents is 1. The summed E-state index contributed by atoms with van der Waals surface area (Å²) in [4.78, 5) is 52.2. The zero-order valence-corrected chi connectivity index (χ0v) is 18.6. The molecule has 3 aliphatic rings.